The molecule has 0 radical (unpaired) electrons. The molecule has 5 unspecified atom stereocenters. The first-order chi connectivity index (χ1) is 13.8. The van der Waals surface area contributed by atoms with Gasteiger partial charge in [0.2, 0.25) is 0 Å². The molecule has 4 rings (SSSR count). The third kappa shape index (κ3) is 3.91. The molecule has 0 amide bonds. The number of thiol groups is 1. The Morgan fingerprint density at radius 1 is 1.34 bits per heavy atom. The van der Waals surface area contributed by atoms with Gasteiger partial charge in [-0.15, -0.1) is 0 Å². The first-order valence-electron chi connectivity index (χ1n) is 12.1. The smallest absolute Gasteiger partial charge is 0.0661 e. The Labute approximate surface area is 184 Å². The average Bonchev–Trinajstić information content (AvgIpc) is 2.95. The zero-order chi connectivity index (χ0) is 20.8. The van der Waals surface area contributed by atoms with Crippen molar-refractivity contribution in [2.75, 3.05) is 0 Å². The van der Waals surface area contributed by atoms with Crippen molar-refractivity contribution < 1.29 is 0 Å². The maximum atomic E-state index is 4.47. The van der Waals surface area contributed by atoms with Crippen LogP contribution in [0.15, 0.2) is 30.5 Å². The van der Waals surface area contributed by atoms with E-state index in [9.17, 15) is 0 Å². The molecule has 1 aromatic carbocycles. The van der Waals surface area contributed by atoms with Crippen molar-refractivity contribution in [2.45, 2.75) is 90.4 Å². The molecule has 0 spiro atoms. The summed E-state index contributed by atoms with van der Waals surface area (Å²) < 4.78 is 0. The van der Waals surface area contributed by atoms with Gasteiger partial charge in [0.25, 0.3) is 0 Å². The minimum Gasteiger partial charge on any atom is -0.378 e. The average molecular weight is 412 g/mol. The second-order valence-corrected chi connectivity index (χ2v) is 11.4. The number of nitrogens with one attached hydrogen (secondary N) is 1. The molecule has 2 heteroatoms. The van der Waals surface area contributed by atoms with Crippen molar-refractivity contribution in [1.82, 2.24) is 5.32 Å². The molecular weight excluding hydrogens is 370 g/mol. The number of fused-ring (bicyclic) bond motifs is 5. The van der Waals surface area contributed by atoms with Crippen molar-refractivity contribution in [3.8, 4) is 0 Å². The quantitative estimate of drug-likeness (QED) is 0.375. The van der Waals surface area contributed by atoms with Crippen LogP contribution in [0.3, 0.4) is 0 Å². The Kier molecular flexibility index (Phi) is 6.13. The van der Waals surface area contributed by atoms with Crippen LogP contribution in [0, 0.1) is 29.1 Å². The standard InChI is InChI=1S/C27H41NS/c1-6-20-8-11-23-21(16-20)10-12-25-24(23)13-14-27(5)17(2)15-22(26(25)27)9-7-18(3)28-19(4)29/h8,11,16-17,19,22,24-26,28-29H,3,6-7,9-10,12-15H2,1-2,4-5H3/t17-,19?,22?,24?,25?,26?,27+/m0/s1. The van der Waals surface area contributed by atoms with Gasteiger partial charge in [0.05, 0.1) is 5.37 Å². The Morgan fingerprint density at radius 2 is 2.14 bits per heavy atom. The van der Waals surface area contributed by atoms with Crippen LogP contribution in [0.1, 0.15) is 88.8 Å². The fourth-order valence-electron chi connectivity index (χ4n) is 7.49. The molecule has 2 saturated carbocycles. The molecule has 160 valence electrons. The highest BCUT2D eigenvalue weighted by atomic mass is 32.1. The summed E-state index contributed by atoms with van der Waals surface area (Å²) in [6, 6.07) is 7.42. The molecule has 0 aromatic heterocycles. The summed E-state index contributed by atoms with van der Waals surface area (Å²) in [6.45, 7) is 13.8. The summed E-state index contributed by atoms with van der Waals surface area (Å²) in [5.74, 6) is 4.28. The maximum absolute atomic E-state index is 4.47. The molecular formula is C27H41NS. The summed E-state index contributed by atoms with van der Waals surface area (Å²) in [5.41, 5.74) is 6.59. The molecule has 0 saturated heterocycles. The third-order valence-electron chi connectivity index (χ3n) is 9.02. The molecule has 29 heavy (non-hydrogen) atoms. The van der Waals surface area contributed by atoms with Gasteiger partial charge < -0.3 is 5.32 Å². The van der Waals surface area contributed by atoms with E-state index in [2.05, 4.69) is 70.4 Å². The summed E-state index contributed by atoms with van der Waals surface area (Å²) >= 11 is 4.47. The van der Waals surface area contributed by atoms with Gasteiger partial charge in [0, 0.05) is 5.70 Å². The summed E-state index contributed by atoms with van der Waals surface area (Å²) in [6.07, 6.45) is 10.5. The highest BCUT2D eigenvalue weighted by Gasteiger charge is 2.56. The van der Waals surface area contributed by atoms with E-state index >= 15 is 0 Å². The van der Waals surface area contributed by atoms with Crippen molar-refractivity contribution in [2.24, 2.45) is 29.1 Å². The van der Waals surface area contributed by atoms with Gasteiger partial charge in [-0.25, -0.2) is 0 Å². The van der Waals surface area contributed by atoms with Crippen LogP contribution < -0.4 is 5.32 Å². The highest BCUT2D eigenvalue weighted by molar-refractivity contribution is 7.80. The second-order valence-electron chi connectivity index (χ2n) is 10.6. The van der Waals surface area contributed by atoms with Gasteiger partial charge in [0.15, 0.2) is 0 Å². The number of hydrogen-bond donors (Lipinski definition) is 2. The molecule has 1 aromatic rings. The van der Waals surface area contributed by atoms with Gasteiger partial charge in [-0.1, -0.05) is 45.5 Å². The molecule has 3 aliphatic rings. The first kappa shape index (κ1) is 21.3. The van der Waals surface area contributed by atoms with Gasteiger partial charge in [-0.2, -0.15) is 12.6 Å². The summed E-state index contributed by atoms with van der Waals surface area (Å²) in [5, 5.41) is 3.60. The fourth-order valence-corrected chi connectivity index (χ4v) is 7.67. The van der Waals surface area contributed by atoms with E-state index in [-0.39, 0.29) is 5.37 Å². The van der Waals surface area contributed by atoms with Crippen LogP contribution in [0.25, 0.3) is 0 Å². The van der Waals surface area contributed by atoms with Crippen molar-refractivity contribution in [3.63, 3.8) is 0 Å². The lowest BCUT2D eigenvalue weighted by atomic mass is 9.53. The van der Waals surface area contributed by atoms with Crippen LogP contribution in [0.2, 0.25) is 0 Å². The monoisotopic (exact) mass is 411 g/mol. The number of allylic oxidation sites excluding steroid dienone is 1. The molecule has 0 bridgehead atoms. The first-order valence-corrected chi connectivity index (χ1v) is 12.6. The van der Waals surface area contributed by atoms with Crippen molar-refractivity contribution in [3.05, 3.63) is 47.2 Å². The van der Waals surface area contributed by atoms with Crippen LogP contribution in [0.4, 0.5) is 0 Å². The number of benzene rings is 1. The molecule has 0 aliphatic heterocycles. The largest absolute Gasteiger partial charge is 0.378 e. The topological polar surface area (TPSA) is 12.0 Å². The van der Waals surface area contributed by atoms with Gasteiger partial charge in [-0.3, -0.25) is 0 Å². The highest BCUT2D eigenvalue weighted by Crippen LogP contribution is 2.65. The Balaban J connectivity index is 1.56. The van der Waals surface area contributed by atoms with E-state index in [1.807, 2.05) is 0 Å². The Bertz CT molecular complexity index is 753. The summed E-state index contributed by atoms with van der Waals surface area (Å²) in [7, 11) is 0. The SMILES string of the molecule is C=C(CCC1C[C@H](C)[C@@]2(C)CCC3c4ccc(CC)cc4CCC3C12)NC(C)S. The minimum absolute atomic E-state index is 0.192. The van der Waals surface area contributed by atoms with Crippen molar-refractivity contribution >= 4 is 12.6 Å². The van der Waals surface area contributed by atoms with E-state index in [1.54, 1.807) is 11.1 Å². The minimum atomic E-state index is 0.192. The van der Waals surface area contributed by atoms with E-state index < -0.39 is 0 Å². The Hall–Kier alpha value is -0.890. The van der Waals surface area contributed by atoms with Gasteiger partial charge in [0.1, 0.15) is 0 Å². The third-order valence-corrected chi connectivity index (χ3v) is 9.14. The van der Waals surface area contributed by atoms with E-state index in [4.69, 9.17) is 0 Å². The lowest BCUT2D eigenvalue weighted by Gasteiger charge is -2.52. The fraction of sp³-hybridized carbons (Fsp3) is 0.704. The molecule has 1 N–H and O–H groups in total. The molecule has 7 atom stereocenters. The molecule has 1 nitrogen and oxygen atoms in total. The van der Waals surface area contributed by atoms with E-state index in [0.717, 1.165) is 42.4 Å². The normalized spacial score (nSPS) is 36.7. The zero-order valence-electron chi connectivity index (χ0n) is 19.0. The lowest BCUT2D eigenvalue weighted by Crippen LogP contribution is -2.43. The number of aryl methyl sites for hydroxylation is 2. The van der Waals surface area contributed by atoms with Gasteiger partial charge >= 0.3 is 0 Å². The lowest BCUT2D eigenvalue weighted by molar-refractivity contribution is 0.0135. The number of hydrogen-bond acceptors (Lipinski definition) is 2. The maximum Gasteiger partial charge on any atom is 0.0661 e. The van der Waals surface area contributed by atoms with Crippen molar-refractivity contribution in [1.29, 1.82) is 0 Å². The Morgan fingerprint density at radius 3 is 2.86 bits per heavy atom. The van der Waals surface area contributed by atoms with E-state index in [1.165, 1.54) is 49.8 Å². The summed E-state index contributed by atoms with van der Waals surface area (Å²) in [4.78, 5) is 0. The van der Waals surface area contributed by atoms with Crippen LogP contribution in [-0.4, -0.2) is 5.37 Å². The van der Waals surface area contributed by atoms with E-state index in [0.29, 0.717) is 5.41 Å². The predicted octanol–water partition coefficient (Wildman–Crippen LogP) is 7.13. The second kappa shape index (κ2) is 8.33. The van der Waals surface area contributed by atoms with Crippen LogP contribution in [-0.2, 0) is 12.8 Å². The molecule has 2 fully saturated rings. The van der Waals surface area contributed by atoms with Gasteiger partial charge in [-0.05, 0) is 110 Å². The van der Waals surface area contributed by atoms with Crippen LogP contribution >= 0.6 is 12.6 Å². The molecule has 0 heterocycles. The zero-order valence-corrected chi connectivity index (χ0v) is 19.9. The number of rotatable bonds is 6. The molecule has 3 aliphatic carbocycles. The predicted molar refractivity (Wildman–Crippen MR) is 128 cm³/mol. The van der Waals surface area contributed by atoms with Crippen LogP contribution in [0.5, 0.6) is 0 Å².